The Balaban J connectivity index is 1.99. The number of nitrogens with zero attached hydrogens (tertiary/aromatic N) is 1. The third-order valence-electron chi connectivity index (χ3n) is 5.55. The van der Waals surface area contributed by atoms with E-state index in [-0.39, 0.29) is 12.1 Å². The minimum atomic E-state index is -3.89. The lowest BCUT2D eigenvalue weighted by Crippen LogP contribution is -1.99. The van der Waals surface area contributed by atoms with E-state index >= 15 is 0 Å². The largest absolute Gasteiger partial charge is 0.325 e. The van der Waals surface area contributed by atoms with Crippen LogP contribution in [0.15, 0.2) is 30.5 Å². The van der Waals surface area contributed by atoms with Gasteiger partial charge in [0.15, 0.2) is 0 Å². The van der Waals surface area contributed by atoms with Crippen LogP contribution in [0.5, 0.6) is 0 Å². The van der Waals surface area contributed by atoms with Crippen LogP contribution in [0.3, 0.4) is 0 Å². The highest BCUT2D eigenvalue weighted by Gasteiger charge is 2.15. The molecule has 0 spiro atoms. The van der Waals surface area contributed by atoms with Gasteiger partial charge in [0.25, 0.3) is 0 Å². The molecule has 0 aliphatic carbocycles. The maximum absolute atomic E-state index is 11.0. The molecule has 0 saturated heterocycles. The van der Waals surface area contributed by atoms with Crippen LogP contribution >= 0.6 is 7.60 Å². The van der Waals surface area contributed by atoms with Gasteiger partial charge in [-0.15, -0.1) is 0 Å². The van der Waals surface area contributed by atoms with E-state index in [1.54, 1.807) is 0 Å². The summed E-state index contributed by atoms with van der Waals surface area (Å²) in [6, 6.07) is 8.26. The Hall–Kier alpha value is -1.66. The number of benzene rings is 1. The van der Waals surface area contributed by atoms with Crippen molar-refractivity contribution in [1.82, 2.24) is 4.98 Å². The maximum Gasteiger partial charge on any atom is 0.325 e. The van der Waals surface area contributed by atoms with Gasteiger partial charge in [0.2, 0.25) is 0 Å². The molecule has 4 nitrogen and oxygen atoms in total. The van der Waals surface area contributed by atoms with Crippen LogP contribution < -0.4 is 0 Å². The van der Waals surface area contributed by atoms with Crippen molar-refractivity contribution in [2.75, 3.05) is 6.16 Å². The third kappa shape index (κ3) is 8.60. The van der Waals surface area contributed by atoms with Crippen molar-refractivity contribution in [3.63, 3.8) is 0 Å². The molecule has 1 atom stereocenters. The molecule has 164 valence electrons. The molecule has 2 N–H and O–H groups in total. The highest BCUT2D eigenvalue weighted by Crippen LogP contribution is 2.36. The first kappa shape index (κ1) is 24.6. The Bertz CT molecular complexity index is 894. The van der Waals surface area contributed by atoms with Crippen molar-refractivity contribution in [2.24, 2.45) is 0 Å². The van der Waals surface area contributed by atoms with Gasteiger partial charge < -0.3 is 9.79 Å². The summed E-state index contributed by atoms with van der Waals surface area (Å²) in [5.41, 5.74) is 3.20. The van der Waals surface area contributed by atoms with E-state index < -0.39 is 7.60 Å². The number of hydrogen-bond donors (Lipinski definition) is 2. The zero-order valence-electron chi connectivity index (χ0n) is 18.4. The molecule has 0 aliphatic rings. The predicted octanol–water partition coefficient (Wildman–Crippen LogP) is 6.79. The number of aromatic nitrogens is 1. The summed E-state index contributed by atoms with van der Waals surface area (Å²) in [4.78, 5) is 22.7. The van der Waals surface area contributed by atoms with E-state index in [0.29, 0.717) is 6.42 Å². The smallest absolute Gasteiger partial charge is 0.324 e. The second-order valence-electron chi connectivity index (χ2n) is 8.21. The van der Waals surface area contributed by atoms with Crippen molar-refractivity contribution >= 4 is 18.5 Å². The monoisotopic (exact) mass is 429 g/mol. The SMILES string of the molecule is CCCCCCCCC#Cc1ccc(C(C)CCCCP(=O)(O)O)c2ncccc12. The van der Waals surface area contributed by atoms with Crippen LogP contribution in [0.4, 0.5) is 0 Å². The summed E-state index contributed by atoms with van der Waals surface area (Å²) in [6.07, 6.45) is 12.6. The molecule has 0 aliphatic heterocycles. The fourth-order valence-corrected chi connectivity index (χ4v) is 4.41. The Morgan fingerprint density at radius 1 is 1.03 bits per heavy atom. The van der Waals surface area contributed by atoms with Gasteiger partial charge in [-0.3, -0.25) is 9.55 Å². The first-order chi connectivity index (χ1) is 14.4. The van der Waals surface area contributed by atoms with Crippen molar-refractivity contribution in [1.29, 1.82) is 0 Å². The van der Waals surface area contributed by atoms with Gasteiger partial charge >= 0.3 is 7.60 Å². The second kappa shape index (κ2) is 12.9. The minimum absolute atomic E-state index is 0.0359. The number of pyridine rings is 1. The Morgan fingerprint density at radius 2 is 1.80 bits per heavy atom. The maximum atomic E-state index is 11.0. The molecule has 1 aromatic carbocycles. The molecule has 30 heavy (non-hydrogen) atoms. The topological polar surface area (TPSA) is 70.4 Å². The standard InChI is InChI=1S/C25H36NO3P/c1-3-4-5-6-7-8-9-10-15-22-17-18-23(25-24(22)16-13-19-26-25)21(2)14-11-12-20-30(27,28)29/h13,16-19,21H,3-9,11-12,14,20H2,1-2H3,(H2,27,28,29). The molecule has 1 heterocycles. The molecule has 5 heteroatoms. The van der Waals surface area contributed by atoms with Crippen LogP contribution in [-0.2, 0) is 4.57 Å². The molecule has 2 aromatic rings. The molecule has 0 saturated carbocycles. The van der Waals surface area contributed by atoms with Crippen LogP contribution in [0.25, 0.3) is 10.9 Å². The molecular weight excluding hydrogens is 393 g/mol. The van der Waals surface area contributed by atoms with E-state index in [0.717, 1.165) is 42.1 Å². The summed E-state index contributed by atoms with van der Waals surface area (Å²) < 4.78 is 11.0. The van der Waals surface area contributed by atoms with Crippen LogP contribution in [0.2, 0.25) is 0 Å². The predicted molar refractivity (Wildman–Crippen MR) is 126 cm³/mol. The third-order valence-corrected chi connectivity index (χ3v) is 6.45. The van der Waals surface area contributed by atoms with Crippen molar-refractivity contribution in [3.8, 4) is 11.8 Å². The minimum Gasteiger partial charge on any atom is -0.324 e. The average Bonchev–Trinajstić information content (AvgIpc) is 2.72. The number of unbranched alkanes of at least 4 members (excludes halogenated alkanes) is 7. The van der Waals surface area contributed by atoms with Gasteiger partial charge in [0.1, 0.15) is 0 Å². The van der Waals surface area contributed by atoms with Gasteiger partial charge in [-0.05, 0) is 42.9 Å². The summed E-state index contributed by atoms with van der Waals surface area (Å²) in [5, 5.41) is 1.09. The number of hydrogen-bond acceptors (Lipinski definition) is 2. The molecule has 0 radical (unpaired) electrons. The highest BCUT2D eigenvalue weighted by molar-refractivity contribution is 7.51. The lowest BCUT2D eigenvalue weighted by molar-refractivity contribution is 0.370. The lowest BCUT2D eigenvalue weighted by Gasteiger charge is -2.15. The number of rotatable bonds is 12. The first-order valence-corrected chi connectivity index (χ1v) is 13.1. The highest BCUT2D eigenvalue weighted by atomic mass is 31.2. The Morgan fingerprint density at radius 3 is 2.57 bits per heavy atom. The molecule has 0 fully saturated rings. The van der Waals surface area contributed by atoms with Gasteiger partial charge in [-0.25, -0.2) is 0 Å². The fraction of sp³-hybridized carbons (Fsp3) is 0.560. The quantitative estimate of drug-likeness (QED) is 0.221. The van der Waals surface area contributed by atoms with E-state index in [1.165, 1.54) is 37.7 Å². The van der Waals surface area contributed by atoms with Crippen molar-refractivity contribution < 1.29 is 14.4 Å². The second-order valence-corrected chi connectivity index (χ2v) is 9.98. The molecule has 2 rings (SSSR count). The number of fused-ring (bicyclic) bond motifs is 1. The van der Waals surface area contributed by atoms with Crippen LogP contribution in [0.1, 0.15) is 95.1 Å². The Kier molecular flexibility index (Phi) is 10.6. The summed E-state index contributed by atoms with van der Waals surface area (Å²) >= 11 is 0. The van der Waals surface area contributed by atoms with E-state index in [9.17, 15) is 4.57 Å². The summed E-state index contributed by atoms with van der Waals surface area (Å²) in [5.74, 6) is 6.97. The molecule has 0 bridgehead atoms. The summed E-state index contributed by atoms with van der Waals surface area (Å²) in [7, 11) is -3.89. The molecule has 1 aromatic heterocycles. The zero-order valence-corrected chi connectivity index (χ0v) is 19.3. The lowest BCUT2D eigenvalue weighted by atomic mass is 9.92. The van der Waals surface area contributed by atoms with Gasteiger partial charge in [0, 0.05) is 29.7 Å². The van der Waals surface area contributed by atoms with Crippen LogP contribution in [-0.4, -0.2) is 20.9 Å². The van der Waals surface area contributed by atoms with Crippen LogP contribution in [0, 0.1) is 11.8 Å². The average molecular weight is 430 g/mol. The Labute approximate surface area is 181 Å². The molecule has 1 unspecified atom stereocenters. The molecular formula is C25H36NO3P. The normalized spacial score (nSPS) is 12.5. The van der Waals surface area contributed by atoms with Crippen molar-refractivity contribution in [2.45, 2.75) is 84.0 Å². The van der Waals surface area contributed by atoms with E-state index in [2.05, 4.69) is 48.9 Å². The van der Waals surface area contributed by atoms with Crippen molar-refractivity contribution in [3.05, 3.63) is 41.6 Å². The van der Waals surface area contributed by atoms with Gasteiger partial charge in [-0.2, -0.15) is 0 Å². The summed E-state index contributed by atoms with van der Waals surface area (Å²) in [6.45, 7) is 4.40. The zero-order chi connectivity index (χ0) is 21.8. The van der Waals surface area contributed by atoms with E-state index in [4.69, 9.17) is 9.79 Å². The van der Waals surface area contributed by atoms with E-state index in [1.807, 2.05) is 12.3 Å². The van der Waals surface area contributed by atoms with Gasteiger partial charge in [0.05, 0.1) is 5.52 Å². The first-order valence-electron chi connectivity index (χ1n) is 11.3. The fourth-order valence-electron chi connectivity index (χ4n) is 3.78. The molecule has 0 amide bonds. The van der Waals surface area contributed by atoms with Gasteiger partial charge in [-0.1, -0.05) is 76.3 Å².